The number of amides is 3. The van der Waals surface area contributed by atoms with Crippen LogP contribution in [0, 0.1) is 5.92 Å². The zero-order valence-electron chi connectivity index (χ0n) is 12.2. The fourth-order valence-electron chi connectivity index (χ4n) is 2.34. The average molecular weight is 289 g/mol. The van der Waals surface area contributed by atoms with Gasteiger partial charge in [0.05, 0.1) is 5.92 Å². The Balaban J connectivity index is 1.94. The maximum absolute atomic E-state index is 12.1. The molecule has 21 heavy (non-hydrogen) atoms. The minimum Gasteiger partial charge on any atom is -0.342 e. The Morgan fingerprint density at radius 3 is 2.24 bits per heavy atom. The lowest BCUT2D eigenvalue weighted by molar-refractivity contribution is -0.128. The zero-order chi connectivity index (χ0) is 15.4. The molecule has 0 saturated carbocycles. The van der Waals surface area contributed by atoms with E-state index in [1.165, 1.54) is 6.92 Å². The lowest BCUT2D eigenvalue weighted by Crippen LogP contribution is -2.28. The van der Waals surface area contributed by atoms with E-state index in [0.29, 0.717) is 24.5 Å². The van der Waals surface area contributed by atoms with Gasteiger partial charge in [-0.3, -0.25) is 14.4 Å². The normalized spacial score (nSPS) is 17.7. The standard InChI is InChI=1S/C15H19N3O3/c1-3-18-9-11(8-14(18)20)15(21)17-13-6-4-12(5-7-13)16-10(2)19/h4-7,11H,3,8-9H2,1-2H3,(H,16,19)(H,17,21). The summed E-state index contributed by atoms with van der Waals surface area (Å²) in [5, 5.41) is 5.46. The van der Waals surface area contributed by atoms with Gasteiger partial charge >= 0.3 is 0 Å². The molecule has 6 heteroatoms. The molecule has 2 N–H and O–H groups in total. The predicted octanol–water partition coefficient (Wildman–Crippen LogP) is 1.45. The van der Waals surface area contributed by atoms with Gasteiger partial charge in [0.25, 0.3) is 0 Å². The molecular formula is C15H19N3O3. The van der Waals surface area contributed by atoms with Crippen molar-refractivity contribution < 1.29 is 14.4 Å². The van der Waals surface area contributed by atoms with Crippen molar-refractivity contribution >= 4 is 29.1 Å². The SMILES string of the molecule is CCN1CC(C(=O)Nc2ccc(NC(C)=O)cc2)CC1=O. The van der Waals surface area contributed by atoms with Crippen molar-refractivity contribution in [1.82, 2.24) is 4.90 Å². The highest BCUT2D eigenvalue weighted by Crippen LogP contribution is 2.20. The highest BCUT2D eigenvalue weighted by atomic mass is 16.2. The number of carbonyl (C=O) groups is 3. The molecule has 0 aromatic heterocycles. The smallest absolute Gasteiger partial charge is 0.229 e. The largest absolute Gasteiger partial charge is 0.342 e. The van der Waals surface area contributed by atoms with Crippen LogP contribution in [-0.2, 0) is 14.4 Å². The third-order valence-electron chi connectivity index (χ3n) is 3.44. The summed E-state index contributed by atoms with van der Waals surface area (Å²) in [5.41, 5.74) is 1.32. The number of nitrogens with one attached hydrogen (secondary N) is 2. The minimum atomic E-state index is -0.299. The van der Waals surface area contributed by atoms with E-state index in [-0.39, 0.29) is 30.1 Å². The molecule has 1 atom stereocenters. The van der Waals surface area contributed by atoms with Crippen molar-refractivity contribution in [3.05, 3.63) is 24.3 Å². The van der Waals surface area contributed by atoms with Gasteiger partial charge < -0.3 is 15.5 Å². The molecule has 6 nitrogen and oxygen atoms in total. The van der Waals surface area contributed by atoms with E-state index in [0.717, 1.165) is 0 Å². The second-order valence-corrected chi connectivity index (χ2v) is 5.08. The number of rotatable bonds is 4. The summed E-state index contributed by atoms with van der Waals surface area (Å²) in [4.78, 5) is 36.4. The first-order chi connectivity index (χ1) is 9.99. The molecule has 1 unspecified atom stereocenters. The second-order valence-electron chi connectivity index (χ2n) is 5.08. The van der Waals surface area contributed by atoms with Crippen molar-refractivity contribution in [2.24, 2.45) is 5.92 Å². The van der Waals surface area contributed by atoms with Crippen molar-refractivity contribution in [3.8, 4) is 0 Å². The number of likely N-dealkylation sites (tertiary alicyclic amines) is 1. The lowest BCUT2D eigenvalue weighted by atomic mass is 10.1. The van der Waals surface area contributed by atoms with Crippen LogP contribution in [-0.4, -0.2) is 35.7 Å². The van der Waals surface area contributed by atoms with Crippen molar-refractivity contribution in [3.63, 3.8) is 0 Å². The van der Waals surface area contributed by atoms with Crippen LogP contribution < -0.4 is 10.6 Å². The molecule has 1 aliphatic rings. The fraction of sp³-hybridized carbons (Fsp3) is 0.400. The first kappa shape index (κ1) is 15.0. The highest BCUT2D eigenvalue weighted by Gasteiger charge is 2.33. The van der Waals surface area contributed by atoms with E-state index < -0.39 is 0 Å². The Morgan fingerprint density at radius 2 is 1.76 bits per heavy atom. The monoisotopic (exact) mass is 289 g/mol. The van der Waals surface area contributed by atoms with Gasteiger partial charge in [-0.15, -0.1) is 0 Å². The van der Waals surface area contributed by atoms with Gasteiger partial charge in [-0.05, 0) is 31.2 Å². The van der Waals surface area contributed by atoms with E-state index in [2.05, 4.69) is 10.6 Å². The summed E-state index contributed by atoms with van der Waals surface area (Å²) in [5.74, 6) is -0.561. The van der Waals surface area contributed by atoms with Crippen LogP contribution in [0.5, 0.6) is 0 Å². The molecule has 1 saturated heterocycles. The summed E-state index contributed by atoms with van der Waals surface area (Å²) < 4.78 is 0. The molecule has 3 amide bonds. The van der Waals surface area contributed by atoms with E-state index in [4.69, 9.17) is 0 Å². The Bertz CT molecular complexity index is 554. The lowest BCUT2D eigenvalue weighted by Gasteiger charge is -2.13. The van der Waals surface area contributed by atoms with Gasteiger partial charge in [0, 0.05) is 37.8 Å². The third-order valence-corrected chi connectivity index (χ3v) is 3.44. The molecule has 1 aromatic rings. The van der Waals surface area contributed by atoms with Gasteiger partial charge in [-0.2, -0.15) is 0 Å². The summed E-state index contributed by atoms with van der Waals surface area (Å²) in [6, 6.07) is 6.87. The zero-order valence-corrected chi connectivity index (χ0v) is 12.2. The molecule has 1 aliphatic heterocycles. The number of nitrogens with zero attached hydrogens (tertiary/aromatic N) is 1. The van der Waals surface area contributed by atoms with Gasteiger partial charge in [0.15, 0.2) is 0 Å². The van der Waals surface area contributed by atoms with Crippen LogP contribution in [0.3, 0.4) is 0 Å². The summed E-state index contributed by atoms with van der Waals surface area (Å²) in [6.45, 7) is 4.45. The summed E-state index contributed by atoms with van der Waals surface area (Å²) in [6.07, 6.45) is 0.268. The van der Waals surface area contributed by atoms with Crippen LogP contribution in [0.1, 0.15) is 20.3 Å². The first-order valence-corrected chi connectivity index (χ1v) is 6.96. The Kier molecular flexibility index (Phi) is 4.57. The number of hydrogen-bond acceptors (Lipinski definition) is 3. The van der Waals surface area contributed by atoms with Crippen LogP contribution >= 0.6 is 0 Å². The van der Waals surface area contributed by atoms with Crippen LogP contribution in [0.4, 0.5) is 11.4 Å². The number of hydrogen-bond donors (Lipinski definition) is 2. The van der Waals surface area contributed by atoms with Gasteiger partial charge in [-0.25, -0.2) is 0 Å². The Morgan fingerprint density at radius 1 is 1.19 bits per heavy atom. The highest BCUT2D eigenvalue weighted by molar-refractivity contribution is 5.97. The third kappa shape index (κ3) is 3.81. The molecule has 2 rings (SSSR count). The second kappa shape index (κ2) is 6.39. The van der Waals surface area contributed by atoms with Gasteiger partial charge in [0.2, 0.25) is 17.7 Å². The predicted molar refractivity (Wildman–Crippen MR) is 79.7 cm³/mol. The van der Waals surface area contributed by atoms with E-state index >= 15 is 0 Å². The molecule has 1 heterocycles. The summed E-state index contributed by atoms with van der Waals surface area (Å²) >= 11 is 0. The topological polar surface area (TPSA) is 78.5 Å². The summed E-state index contributed by atoms with van der Waals surface area (Å²) in [7, 11) is 0. The molecular weight excluding hydrogens is 270 g/mol. The van der Waals surface area contributed by atoms with Crippen LogP contribution in [0.15, 0.2) is 24.3 Å². The molecule has 1 aromatic carbocycles. The molecule has 0 spiro atoms. The molecule has 0 bridgehead atoms. The van der Waals surface area contributed by atoms with Crippen molar-refractivity contribution in [1.29, 1.82) is 0 Å². The molecule has 0 aliphatic carbocycles. The van der Waals surface area contributed by atoms with E-state index in [1.807, 2.05) is 6.92 Å². The fourth-order valence-corrected chi connectivity index (χ4v) is 2.34. The quantitative estimate of drug-likeness (QED) is 0.880. The maximum Gasteiger partial charge on any atom is 0.229 e. The molecule has 0 radical (unpaired) electrons. The molecule has 112 valence electrons. The number of anilines is 2. The van der Waals surface area contributed by atoms with Gasteiger partial charge in [0.1, 0.15) is 0 Å². The maximum atomic E-state index is 12.1. The number of carbonyl (C=O) groups excluding carboxylic acids is 3. The van der Waals surface area contributed by atoms with Crippen LogP contribution in [0.2, 0.25) is 0 Å². The Labute approximate surface area is 123 Å². The van der Waals surface area contributed by atoms with E-state index in [9.17, 15) is 14.4 Å². The van der Waals surface area contributed by atoms with E-state index in [1.54, 1.807) is 29.2 Å². The number of benzene rings is 1. The van der Waals surface area contributed by atoms with Crippen molar-refractivity contribution in [2.75, 3.05) is 23.7 Å². The van der Waals surface area contributed by atoms with Crippen LogP contribution in [0.25, 0.3) is 0 Å². The minimum absolute atomic E-state index is 0.0265. The Hall–Kier alpha value is -2.37. The molecule has 1 fully saturated rings. The van der Waals surface area contributed by atoms with Gasteiger partial charge in [-0.1, -0.05) is 0 Å². The van der Waals surface area contributed by atoms with Crippen molar-refractivity contribution in [2.45, 2.75) is 20.3 Å². The average Bonchev–Trinajstić information content (AvgIpc) is 2.82. The first-order valence-electron chi connectivity index (χ1n) is 6.96.